The molecular formula is C26H27N5O3. The van der Waals surface area contributed by atoms with E-state index in [0.717, 1.165) is 5.56 Å². The fourth-order valence-electron chi connectivity index (χ4n) is 4.29. The number of fused-ring (bicyclic) bond motifs is 1. The van der Waals surface area contributed by atoms with Crippen LogP contribution in [0, 0.1) is 6.92 Å². The zero-order valence-corrected chi connectivity index (χ0v) is 19.6. The zero-order chi connectivity index (χ0) is 23.8. The van der Waals surface area contributed by atoms with E-state index in [1.54, 1.807) is 29.5 Å². The number of benzene rings is 1. The third-order valence-corrected chi connectivity index (χ3v) is 6.21. The predicted molar refractivity (Wildman–Crippen MR) is 129 cm³/mol. The van der Waals surface area contributed by atoms with E-state index in [4.69, 9.17) is 9.40 Å². The topological polar surface area (TPSA) is 84.5 Å². The molecule has 5 rings (SSSR count). The Hall–Kier alpha value is -3.94. The summed E-state index contributed by atoms with van der Waals surface area (Å²) in [5.74, 6) is 0.503. The minimum atomic E-state index is -0.0917. The van der Waals surface area contributed by atoms with E-state index in [9.17, 15) is 9.59 Å². The van der Waals surface area contributed by atoms with Crippen LogP contribution in [-0.2, 0) is 0 Å². The minimum absolute atomic E-state index is 0.00304. The van der Waals surface area contributed by atoms with E-state index >= 15 is 0 Å². The van der Waals surface area contributed by atoms with E-state index in [-0.39, 0.29) is 17.9 Å². The molecule has 0 unspecified atom stereocenters. The molecule has 0 atom stereocenters. The Balaban J connectivity index is 1.40. The molecule has 2 amide bonds. The molecule has 174 valence electrons. The van der Waals surface area contributed by atoms with Crippen LogP contribution in [0.3, 0.4) is 0 Å². The van der Waals surface area contributed by atoms with Crippen molar-refractivity contribution in [3.8, 4) is 11.5 Å². The second kappa shape index (κ2) is 8.78. The second-order valence-electron chi connectivity index (χ2n) is 8.90. The van der Waals surface area contributed by atoms with Gasteiger partial charge in [-0.2, -0.15) is 5.10 Å². The van der Waals surface area contributed by atoms with E-state index in [2.05, 4.69) is 5.10 Å². The van der Waals surface area contributed by atoms with E-state index in [1.807, 2.05) is 60.7 Å². The number of nitrogens with zero attached hydrogens (tertiary/aromatic N) is 5. The number of amides is 2. The van der Waals surface area contributed by atoms with Crippen LogP contribution in [0.4, 0.5) is 0 Å². The lowest BCUT2D eigenvalue weighted by molar-refractivity contribution is 0.0536. The lowest BCUT2D eigenvalue weighted by Crippen LogP contribution is -2.50. The molecule has 0 N–H and O–H groups in total. The molecule has 1 fully saturated rings. The minimum Gasteiger partial charge on any atom is -0.463 e. The number of furan rings is 1. The highest BCUT2D eigenvalue weighted by Crippen LogP contribution is 2.28. The maximum atomic E-state index is 13.6. The van der Waals surface area contributed by atoms with Crippen molar-refractivity contribution in [3.05, 3.63) is 71.6 Å². The molecule has 1 aliphatic rings. The van der Waals surface area contributed by atoms with E-state index < -0.39 is 0 Å². The molecule has 4 aromatic rings. The number of piperazine rings is 1. The SMILES string of the molecule is Cc1ccc(C(=O)N2CCN(C(=O)c3cc(-c4ccco4)nc4c3cnn4C(C)C)CC2)cc1. The van der Waals surface area contributed by atoms with E-state index in [0.29, 0.717) is 59.8 Å². The molecule has 0 saturated carbocycles. The average molecular weight is 458 g/mol. The van der Waals surface area contributed by atoms with Gasteiger partial charge in [0.1, 0.15) is 5.69 Å². The zero-order valence-electron chi connectivity index (χ0n) is 19.6. The Bertz CT molecular complexity index is 1330. The summed E-state index contributed by atoms with van der Waals surface area (Å²) in [5, 5.41) is 5.20. The first-order chi connectivity index (χ1) is 16.4. The van der Waals surface area contributed by atoms with Gasteiger partial charge in [-0.3, -0.25) is 9.59 Å². The summed E-state index contributed by atoms with van der Waals surface area (Å²) < 4.78 is 7.37. The predicted octanol–water partition coefficient (Wildman–Crippen LogP) is 4.18. The largest absolute Gasteiger partial charge is 0.463 e. The van der Waals surface area contributed by atoms with Crippen LogP contribution in [0.2, 0.25) is 0 Å². The molecule has 8 heteroatoms. The van der Waals surface area contributed by atoms with Crippen molar-refractivity contribution in [1.82, 2.24) is 24.6 Å². The molecule has 0 radical (unpaired) electrons. The Morgan fingerprint density at radius 1 is 0.971 bits per heavy atom. The standard InChI is InChI=1S/C26H27N5O3/c1-17(2)31-24-21(16-27-31)20(15-22(28-24)23-5-4-14-34-23)26(33)30-12-10-29(11-13-30)25(32)19-8-6-18(3)7-9-19/h4-9,14-17H,10-13H2,1-3H3. The maximum absolute atomic E-state index is 13.6. The van der Waals surface area contributed by atoms with Gasteiger partial charge in [0.2, 0.25) is 0 Å². The van der Waals surface area contributed by atoms with Gasteiger partial charge in [0, 0.05) is 37.8 Å². The Labute approximate surface area is 197 Å². The lowest BCUT2D eigenvalue weighted by Gasteiger charge is -2.35. The summed E-state index contributed by atoms with van der Waals surface area (Å²) in [7, 11) is 0. The maximum Gasteiger partial charge on any atom is 0.254 e. The summed E-state index contributed by atoms with van der Waals surface area (Å²) in [4.78, 5) is 34.8. The molecular weight excluding hydrogens is 430 g/mol. The monoisotopic (exact) mass is 457 g/mol. The van der Waals surface area contributed by atoms with Gasteiger partial charge in [-0.25, -0.2) is 9.67 Å². The number of aromatic nitrogens is 3. The average Bonchev–Trinajstić information content (AvgIpc) is 3.53. The van der Waals surface area contributed by atoms with Crippen LogP contribution < -0.4 is 0 Å². The number of pyridine rings is 1. The number of rotatable bonds is 4. The van der Waals surface area contributed by atoms with Crippen molar-refractivity contribution >= 4 is 22.8 Å². The Morgan fingerprint density at radius 2 is 1.65 bits per heavy atom. The van der Waals surface area contributed by atoms with Gasteiger partial charge in [0.25, 0.3) is 11.8 Å². The summed E-state index contributed by atoms with van der Waals surface area (Å²) in [6.45, 7) is 7.96. The smallest absolute Gasteiger partial charge is 0.254 e. The van der Waals surface area contributed by atoms with Gasteiger partial charge in [-0.05, 0) is 51.1 Å². The van der Waals surface area contributed by atoms with E-state index in [1.165, 1.54) is 0 Å². The highest BCUT2D eigenvalue weighted by atomic mass is 16.3. The van der Waals surface area contributed by atoms with Gasteiger partial charge < -0.3 is 14.2 Å². The van der Waals surface area contributed by atoms with Crippen LogP contribution in [0.1, 0.15) is 46.2 Å². The fraction of sp³-hybridized carbons (Fsp3) is 0.308. The van der Waals surface area contributed by atoms with Crippen LogP contribution in [0.25, 0.3) is 22.5 Å². The molecule has 0 spiro atoms. The van der Waals surface area contributed by atoms with Crippen LogP contribution >= 0.6 is 0 Å². The van der Waals surface area contributed by atoms with Crippen LogP contribution in [0.15, 0.2) is 59.3 Å². The second-order valence-corrected chi connectivity index (χ2v) is 8.90. The molecule has 1 saturated heterocycles. The summed E-state index contributed by atoms with van der Waals surface area (Å²) in [6, 6.07) is 13.1. The normalized spacial score (nSPS) is 14.2. The molecule has 34 heavy (non-hydrogen) atoms. The Kier molecular flexibility index (Phi) is 5.65. The van der Waals surface area contributed by atoms with Crippen molar-refractivity contribution < 1.29 is 14.0 Å². The van der Waals surface area contributed by atoms with Crippen molar-refractivity contribution in [3.63, 3.8) is 0 Å². The van der Waals surface area contributed by atoms with Crippen molar-refractivity contribution in [2.24, 2.45) is 0 Å². The fourth-order valence-corrected chi connectivity index (χ4v) is 4.29. The number of aryl methyl sites for hydroxylation is 1. The van der Waals surface area contributed by atoms with Gasteiger partial charge in [-0.1, -0.05) is 17.7 Å². The van der Waals surface area contributed by atoms with Gasteiger partial charge in [0.15, 0.2) is 11.4 Å². The van der Waals surface area contributed by atoms with Gasteiger partial charge in [-0.15, -0.1) is 0 Å². The highest BCUT2D eigenvalue weighted by Gasteiger charge is 2.28. The van der Waals surface area contributed by atoms with Crippen molar-refractivity contribution in [1.29, 1.82) is 0 Å². The quantitative estimate of drug-likeness (QED) is 0.459. The first-order valence-electron chi connectivity index (χ1n) is 11.5. The summed E-state index contributed by atoms with van der Waals surface area (Å²) in [6.07, 6.45) is 3.30. The lowest BCUT2D eigenvalue weighted by atomic mass is 10.1. The van der Waals surface area contributed by atoms with Gasteiger partial charge in [0.05, 0.1) is 23.4 Å². The Morgan fingerprint density at radius 3 is 2.26 bits per heavy atom. The van der Waals surface area contributed by atoms with Gasteiger partial charge >= 0.3 is 0 Å². The van der Waals surface area contributed by atoms with Crippen LogP contribution in [0.5, 0.6) is 0 Å². The van der Waals surface area contributed by atoms with Crippen molar-refractivity contribution in [2.75, 3.05) is 26.2 Å². The first kappa shape index (κ1) is 21.9. The molecule has 1 aromatic carbocycles. The summed E-state index contributed by atoms with van der Waals surface area (Å²) >= 11 is 0. The molecule has 4 heterocycles. The van der Waals surface area contributed by atoms with Crippen molar-refractivity contribution in [2.45, 2.75) is 26.8 Å². The first-order valence-corrected chi connectivity index (χ1v) is 11.5. The number of carbonyl (C=O) groups is 2. The summed E-state index contributed by atoms with van der Waals surface area (Å²) in [5.41, 5.74) is 3.58. The third-order valence-electron chi connectivity index (χ3n) is 6.21. The number of hydrogen-bond donors (Lipinski definition) is 0. The number of hydrogen-bond acceptors (Lipinski definition) is 5. The highest BCUT2D eigenvalue weighted by molar-refractivity contribution is 6.06. The van der Waals surface area contributed by atoms with Crippen LogP contribution in [-0.4, -0.2) is 62.6 Å². The molecule has 1 aliphatic heterocycles. The molecule has 0 aliphatic carbocycles. The third kappa shape index (κ3) is 3.96. The number of carbonyl (C=O) groups excluding carboxylic acids is 2. The molecule has 8 nitrogen and oxygen atoms in total. The molecule has 0 bridgehead atoms. The molecule has 3 aromatic heterocycles.